The summed E-state index contributed by atoms with van der Waals surface area (Å²) in [5, 5.41) is 13.7. The summed E-state index contributed by atoms with van der Waals surface area (Å²) in [5.41, 5.74) is 3.20. The fourth-order valence-electron chi connectivity index (χ4n) is 2.16. The van der Waals surface area contributed by atoms with Crippen LogP contribution in [0.5, 0.6) is 5.88 Å². The summed E-state index contributed by atoms with van der Waals surface area (Å²) in [4.78, 5) is 13.0. The molecule has 0 bridgehead atoms. The van der Waals surface area contributed by atoms with Crippen LogP contribution < -0.4 is 4.74 Å². The molecule has 0 radical (unpaired) electrons. The molecule has 120 valence electrons. The number of nitrogens with zero attached hydrogens (tertiary/aromatic N) is 5. The van der Waals surface area contributed by atoms with Crippen molar-refractivity contribution in [2.75, 3.05) is 0 Å². The van der Waals surface area contributed by atoms with Crippen molar-refractivity contribution in [3.63, 3.8) is 0 Å². The van der Waals surface area contributed by atoms with Gasteiger partial charge in [-0.15, -0.1) is 0 Å². The highest BCUT2D eigenvalue weighted by Crippen LogP contribution is 2.17. The summed E-state index contributed by atoms with van der Waals surface area (Å²) >= 11 is 0. The van der Waals surface area contributed by atoms with E-state index in [1.54, 1.807) is 30.0 Å². The first-order valence-corrected chi connectivity index (χ1v) is 7.54. The maximum Gasteiger partial charge on any atom is 0.218 e. The predicted molar refractivity (Wildman–Crippen MR) is 84.1 cm³/mol. The molecule has 0 aromatic carbocycles. The average molecular weight is 313 g/mol. The Hall–Kier alpha value is -2.54. The highest BCUT2D eigenvalue weighted by atomic mass is 16.5. The van der Waals surface area contributed by atoms with E-state index in [2.05, 4.69) is 20.1 Å². The highest BCUT2D eigenvalue weighted by Gasteiger charge is 2.09. The number of fused-ring (bicyclic) bond motifs is 1. The van der Waals surface area contributed by atoms with Gasteiger partial charge >= 0.3 is 0 Å². The maximum absolute atomic E-state index is 9.44. The second kappa shape index (κ2) is 6.70. The molecule has 0 aliphatic carbocycles. The van der Waals surface area contributed by atoms with Crippen LogP contribution >= 0.6 is 0 Å². The number of aryl methyl sites for hydroxylation is 2. The van der Waals surface area contributed by atoms with Crippen molar-refractivity contribution in [3.8, 4) is 5.88 Å². The van der Waals surface area contributed by atoms with Crippen molar-refractivity contribution in [2.24, 2.45) is 0 Å². The zero-order chi connectivity index (χ0) is 16.2. The first kappa shape index (κ1) is 15.4. The highest BCUT2D eigenvalue weighted by molar-refractivity contribution is 5.41. The molecular weight excluding hydrogens is 294 g/mol. The molecule has 0 fully saturated rings. The number of aromatic nitrogens is 5. The van der Waals surface area contributed by atoms with E-state index in [1.165, 1.54) is 0 Å². The molecule has 1 atom stereocenters. The minimum Gasteiger partial charge on any atom is -0.471 e. The van der Waals surface area contributed by atoms with Crippen molar-refractivity contribution in [2.45, 2.75) is 39.4 Å². The molecule has 1 unspecified atom stereocenters. The zero-order valence-corrected chi connectivity index (χ0v) is 13.2. The third-order valence-electron chi connectivity index (χ3n) is 3.40. The Balaban J connectivity index is 1.80. The minimum atomic E-state index is -0.356. The van der Waals surface area contributed by atoms with Gasteiger partial charge in [-0.3, -0.25) is 9.97 Å². The molecule has 23 heavy (non-hydrogen) atoms. The van der Waals surface area contributed by atoms with Gasteiger partial charge in [-0.25, -0.2) is 4.98 Å². The van der Waals surface area contributed by atoms with E-state index >= 15 is 0 Å². The Morgan fingerprint density at radius 1 is 1.26 bits per heavy atom. The van der Waals surface area contributed by atoms with Gasteiger partial charge in [0.15, 0.2) is 5.65 Å². The van der Waals surface area contributed by atoms with Gasteiger partial charge in [-0.05, 0) is 26.7 Å². The Morgan fingerprint density at radius 3 is 2.87 bits per heavy atom. The van der Waals surface area contributed by atoms with Crippen LogP contribution in [0.4, 0.5) is 0 Å². The van der Waals surface area contributed by atoms with Crippen LogP contribution in [0.1, 0.15) is 30.4 Å². The van der Waals surface area contributed by atoms with E-state index in [-0.39, 0.29) is 6.10 Å². The molecule has 3 aromatic rings. The number of aliphatic hydroxyl groups excluding tert-OH is 1. The van der Waals surface area contributed by atoms with Crippen LogP contribution in [0.2, 0.25) is 0 Å². The lowest BCUT2D eigenvalue weighted by Crippen LogP contribution is -2.07. The Bertz CT molecular complexity index is 783. The Kier molecular flexibility index (Phi) is 4.47. The number of hydrogen-bond donors (Lipinski definition) is 1. The van der Waals surface area contributed by atoms with E-state index in [9.17, 15) is 5.11 Å². The molecule has 3 rings (SSSR count). The lowest BCUT2D eigenvalue weighted by molar-refractivity contribution is 0.184. The van der Waals surface area contributed by atoms with Crippen LogP contribution in [0.15, 0.2) is 30.7 Å². The lowest BCUT2D eigenvalue weighted by Gasteiger charge is -2.10. The van der Waals surface area contributed by atoms with Gasteiger partial charge in [0.1, 0.15) is 6.61 Å². The van der Waals surface area contributed by atoms with Crippen molar-refractivity contribution in [1.82, 2.24) is 24.6 Å². The monoisotopic (exact) mass is 313 g/mol. The first-order chi connectivity index (χ1) is 11.1. The zero-order valence-electron chi connectivity index (χ0n) is 13.2. The van der Waals surface area contributed by atoms with Crippen molar-refractivity contribution < 1.29 is 9.84 Å². The van der Waals surface area contributed by atoms with E-state index < -0.39 is 0 Å². The Morgan fingerprint density at radius 2 is 2.13 bits per heavy atom. The fraction of sp³-hybridized carbons (Fsp3) is 0.375. The van der Waals surface area contributed by atoms with Gasteiger partial charge in [-0.1, -0.05) is 0 Å². The SMILES string of the molecule is Cc1cnc(COc2cc(CCC(C)O)nc3ccnn23)cn1. The predicted octanol–water partition coefficient (Wildman–Crippen LogP) is 1.72. The molecule has 0 saturated heterocycles. The first-order valence-electron chi connectivity index (χ1n) is 7.54. The summed E-state index contributed by atoms with van der Waals surface area (Å²) in [5.74, 6) is 0.600. The van der Waals surface area contributed by atoms with Gasteiger partial charge in [0.05, 0.1) is 29.9 Å². The summed E-state index contributed by atoms with van der Waals surface area (Å²) < 4.78 is 7.49. The van der Waals surface area contributed by atoms with Crippen LogP contribution in [0, 0.1) is 6.92 Å². The van der Waals surface area contributed by atoms with Crippen LogP contribution in [0.25, 0.3) is 5.65 Å². The number of hydrogen-bond acceptors (Lipinski definition) is 6. The molecule has 0 aliphatic heterocycles. The lowest BCUT2D eigenvalue weighted by atomic mass is 10.2. The third-order valence-corrected chi connectivity index (χ3v) is 3.40. The quantitative estimate of drug-likeness (QED) is 0.746. The van der Waals surface area contributed by atoms with Crippen LogP contribution in [-0.2, 0) is 13.0 Å². The molecule has 7 nitrogen and oxygen atoms in total. The van der Waals surface area contributed by atoms with Crippen LogP contribution in [-0.4, -0.2) is 35.8 Å². The molecule has 0 amide bonds. The topological polar surface area (TPSA) is 85.4 Å². The van der Waals surface area contributed by atoms with Crippen molar-refractivity contribution >= 4 is 5.65 Å². The van der Waals surface area contributed by atoms with Gasteiger partial charge in [0, 0.05) is 24.0 Å². The second-order valence-corrected chi connectivity index (χ2v) is 5.51. The molecular formula is C16H19N5O2. The van der Waals surface area contributed by atoms with E-state index in [0.29, 0.717) is 25.3 Å². The van der Waals surface area contributed by atoms with Crippen molar-refractivity contribution in [1.29, 1.82) is 0 Å². The van der Waals surface area contributed by atoms with Crippen molar-refractivity contribution in [3.05, 3.63) is 47.8 Å². The Labute approximate surface area is 134 Å². The number of ether oxygens (including phenoxy) is 1. The van der Waals surface area contributed by atoms with E-state index in [0.717, 1.165) is 22.7 Å². The number of rotatable bonds is 6. The third kappa shape index (κ3) is 3.81. The van der Waals surface area contributed by atoms with E-state index in [4.69, 9.17) is 4.74 Å². The summed E-state index contributed by atoms with van der Waals surface area (Å²) in [6.07, 6.45) is 6.07. The van der Waals surface area contributed by atoms with E-state index in [1.807, 2.05) is 19.1 Å². The minimum absolute atomic E-state index is 0.308. The molecule has 0 spiro atoms. The number of aliphatic hydroxyl groups is 1. The van der Waals surface area contributed by atoms with Gasteiger partial charge < -0.3 is 9.84 Å². The molecule has 7 heteroatoms. The summed E-state index contributed by atoms with van der Waals surface area (Å²) in [7, 11) is 0. The maximum atomic E-state index is 9.44. The molecule has 3 heterocycles. The van der Waals surface area contributed by atoms with Gasteiger partial charge in [0.25, 0.3) is 0 Å². The summed E-state index contributed by atoms with van der Waals surface area (Å²) in [6.45, 7) is 3.97. The standard InChI is InChI=1S/C16H19N5O2/c1-11-8-18-14(9-17-11)10-23-16-7-13(4-3-12(2)22)20-15-5-6-19-21(15)16/h5-9,12,22H,3-4,10H2,1-2H3. The molecule has 0 aliphatic rings. The van der Waals surface area contributed by atoms with Gasteiger partial charge in [-0.2, -0.15) is 9.61 Å². The molecule has 3 aromatic heterocycles. The molecule has 0 saturated carbocycles. The van der Waals surface area contributed by atoms with Gasteiger partial charge in [0.2, 0.25) is 5.88 Å². The second-order valence-electron chi connectivity index (χ2n) is 5.51. The normalized spacial score (nSPS) is 12.5. The summed E-state index contributed by atoms with van der Waals surface area (Å²) in [6, 6.07) is 3.68. The molecule has 1 N–H and O–H groups in total. The van der Waals surface area contributed by atoms with Crippen LogP contribution in [0.3, 0.4) is 0 Å². The fourth-order valence-corrected chi connectivity index (χ4v) is 2.16. The smallest absolute Gasteiger partial charge is 0.218 e. The largest absolute Gasteiger partial charge is 0.471 e. The average Bonchev–Trinajstić information content (AvgIpc) is 3.00.